The van der Waals surface area contributed by atoms with Gasteiger partial charge in [-0.25, -0.2) is 0 Å². The van der Waals surface area contributed by atoms with Gasteiger partial charge in [0.2, 0.25) is 0 Å². The number of nitrogens with one attached hydrogen (secondary N) is 1. The Morgan fingerprint density at radius 1 is 1.48 bits per heavy atom. The van der Waals surface area contributed by atoms with Crippen LogP contribution in [0.25, 0.3) is 0 Å². The maximum Gasteiger partial charge on any atom is 0.387 e. The number of hydrogen-bond donors (Lipinski definition) is 1. The van der Waals surface area contributed by atoms with Crippen LogP contribution in [-0.4, -0.2) is 47.4 Å². The van der Waals surface area contributed by atoms with E-state index in [0.29, 0.717) is 18.0 Å². The lowest BCUT2D eigenvalue weighted by molar-refractivity contribution is -0.0504. The smallest absolute Gasteiger partial charge is 0.387 e. The number of aliphatic imine (C=N–C) groups is 1. The van der Waals surface area contributed by atoms with E-state index in [1.807, 2.05) is 24.1 Å². The minimum absolute atomic E-state index is 0.158. The summed E-state index contributed by atoms with van der Waals surface area (Å²) >= 11 is 3.37. The number of hydrogen-bond acceptors (Lipinski definition) is 3. The van der Waals surface area contributed by atoms with Crippen molar-refractivity contribution in [3.63, 3.8) is 0 Å². The van der Waals surface area contributed by atoms with Gasteiger partial charge in [0.15, 0.2) is 5.96 Å². The number of guanidine groups is 1. The largest absolute Gasteiger partial charge is 0.434 e. The van der Waals surface area contributed by atoms with E-state index >= 15 is 0 Å². The molecule has 1 atom stereocenters. The van der Waals surface area contributed by atoms with Gasteiger partial charge >= 0.3 is 6.61 Å². The van der Waals surface area contributed by atoms with Crippen LogP contribution in [0.3, 0.4) is 0 Å². The van der Waals surface area contributed by atoms with Crippen LogP contribution in [0.5, 0.6) is 5.75 Å². The molecule has 0 aliphatic carbocycles. The number of aromatic nitrogens is 2. The highest BCUT2D eigenvalue weighted by atomic mass is 79.9. The van der Waals surface area contributed by atoms with Crippen molar-refractivity contribution >= 4 is 21.9 Å². The first-order valence-corrected chi connectivity index (χ1v) is 9.43. The maximum absolute atomic E-state index is 12.6. The first kappa shape index (κ1) is 19.6. The maximum atomic E-state index is 12.6. The fraction of sp³-hybridized carbons (Fsp3) is 0.444. The van der Waals surface area contributed by atoms with Gasteiger partial charge in [-0.15, -0.1) is 0 Å². The lowest BCUT2D eigenvalue weighted by Gasteiger charge is -2.22. The number of ether oxygens (including phenoxy) is 1. The van der Waals surface area contributed by atoms with E-state index in [1.54, 1.807) is 19.2 Å². The van der Waals surface area contributed by atoms with Crippen molar-refractivity contribution in [2.45, 2.75) is 25.5 Å². The molecule has 0 bridgehead atoms. The third kappa shape index (κ3) is 4.97. The van der Waals surface area contributed by atoms with Crippen LogP contribution >= 0.6 is 15.9 Å². The van der Waals surface area contributed by atoms with Crippen LogP contribution in [0.2, 0.25) is 0 Å². The molecule has 1 saturated heterocycles. The number of alkyl halides is 2. The third-order valence-corrected chi connectivity index (χ3v) is 5.06. The van der Waals surface area contributed by atoms with E-state index in [1.165, 1.54) is 11.6 Å². The first-order chi connectivity index (χ1) is 13.0. The van der Waals surface area contributed by atoms with Crippen molar-refractivity contribution in [3.05, 3.63) is 46.2 Å². The minimum Gasteiger partial charge on any atom is -0.434 e. The Balaban J connectivity index is 1.64. The van der Waals surface area contributed by atoms with Gasteiger partial charge < -0.3 is 15.0 Å². The lowest BCUT2D eigenvalue weighted by atomic mass is 10.0. The van der Waals surface area contributed by atoms with Crippen molar-refractivity contribution in [1.82, 2.24) is 20.0 Å². The molecule has 0 spiro atoms. The Kier molecular flexibility index (Phi) is 6.30. The molecule has 1 aliphatic rings. The van der Waals surface area contributed by atoms with Gasteiger partial charge in [-0.2, -0.15) is 13.9 Å². The summed E-state index contributed by atoms with van der Waals surface area (Å²) < 4.78 is 32.5. The van der Waals surface area contributed by atoms with E-state index in [0.717, 1.165) is 29.9 Å². The van der Waals surface area contributed by atoms with Gasteiger partial charge in [-0.3, -0.25) is 9.67 Å². The Morgan fingerprint density at radius 3 is 2.96 bits per heavy atom. The van der Waals surface area contributed by atoms with Crippen LogP contribution in [0.4, 0.5) is 8.78 Å². The molecule has 0 amide bonds. The van der Waals surface area contributed by atoms with E-state index in [4.69, 9.17) is 0 Å². The predicted molar refractivity (Wildman–Crippen MR) is 103 cm³/mol. The molecular weight excluding hydrogens is 420 g/mol. The number of aryl methyl sites for hydroxylation is 1. The quantitative estimate of drug-likeness (QED) is 0.570. The second kappa shape index (κ2) is 8.69. The molecule has 2 aromatic rings. The number of benzene rings is 1. The van der Waals surface area contributed by atoms with Gasteiger partial charge in [-0.05, 0) is 30.2 Å². The van der Waals surface area contributed by atoms with Crippen molar-refractivity contribution in [2.75, 3.05) is 20.1 Å². The number of rotatable bonds is 5. The van der Waals surface area contributed by atoms with Crippen LogP contribution < -0.4 is 10.1 Å². The first-order valence-electron chi connectivity index (χ1n) is 8.63. The van der Waals surface area contributed by atoms with Crippen LogP contribution in [-0.2, 0) is 13.6 Å². The fourth-order valence-electron chi connectivity index (χ4n) is 3.28. The average molecular weight is 442 g/mol. The highest BCUT2D eigenvalue weighted by molar-refractivity contribution is 9.10. The van der Waals surface area contributed by atoms with Crippen molar-refractivity contribution < 1.29 is 13.5 Å². The molecule has 146 valence electrons. The molecule has 0 radical (unpaired) electrons. The van der Waals surface area contributed by atoms with Crippen molar-refractivity contribution in [3.8, 4) is 5.75 Å². The second-order valence-electron chi connectivity index (χ2n) is 6.41. The van der Waals surface area contributed by atoms with Crippen molar-refractivity contribution in [2.24, 2.45) is 12.0 Å². The lowest BCUT2D eigenvalue weighted by Crippen LogP contribution is -2.39. The Hall–Kier alpha value is -2.16. The fourth-order valence-corrected chi connectivity index (χ4v) is 3.69. The third-order valence-electron chi connectivity index (χ3n) is 4.57. The molecule has 1 N–H and O–H groups in total. The number of halogens is 3. The van der Waals surface area contributed by atoms with Gasteiger partial charge in [0.1, 0.15) is 5.75 Å². The van der Waals surface area contributed by atoms with Crippen LogP contribution in [0.1, 0.15) is 23.5 Å². The molecule has 1 unspecified atom stereocenters. The molecule has 0 saturated carbocycles. The zero-order chi connectivity index (χ0) is 19.4. The van der Waals surface area contributed by atoms with Gasteiger partial charge in [0, 0.05) is 55.9 Å². The summed E-state index contributed by atoms with van der Waals surface area (Å²) in [5.74, 6) is 1.30. The molecule has 3 rings (SSSR count). The summed E-state index contributed by atoms with van der Waals surface area (Å²) in [5.41, 5.74) is 1.85. The summed E-state index contributed by atoms with van der Waals surface area (Å²) in [4.78, 5) is 6.51. The van der Waals surface area contributed by atoms with Crippen LogP contribution in [0.15, 0.2) is 40.1 Å². The highest BCUT2D eigenvalue weighted by Crippen LogP contribution is 2.27. The molecule has 1 aliphatic heterocycles. The van der Waals surface area contributed by atoms with E-state index in [-0.39, 0.29) is 5.75 Å². The molecular formula is C18H22BrF2N5O. The topological polar surface area (TPSA) is 54.7 Å². The molecule has 6 nitrogen and oxygen atoms in total. The Bertz CT molecular complexity index is 811. The number of likely N-dealkylation sites (tertiary alicyclic amines) is 1. The zero-order valence-corrected chi connectivity index (χ0v) is 16.8. The Morgan fingerprint density at radius 2 is 2.30 bits per heavy atom. The standard InChI is InChI=1S/C18H22BrF2N5O/c1-22-18(26-6-5-12(11-26)14-9-24-25(2)10-14)23-8-13-7-15(19)3-4-16(13)27-17(20)21/h3-4,7,9-10,12,17H,5-6,8,11H2,1-2H3,(H,22,23). The normalized spacial score (nSPS) is 17.6. The zero-order valence-electron chi connectivity index (χ0n) is 15.2. The van der Waals surface area contributed by atoms with Gasteiger partial charge in [0.05, 0.1) is 6.20 Å². The Labute approximate surface area is 165 Å². The molecule has 27 heavy (non-hydrogen) atoms. The summed E-state index contributed by atoms with van der Waals surface area (Å²) in [6.07, 6.45) is 4.96. The molecule has 1 fully saturated rings. The predicted octanol–water partition coefficient (Wildman–Crippen LogP) is 3.35. The summed E-state index contributed by atoms with van der Waals surface area (Å²) in [6, 6.07) is 4.97. The SMILES string of the molecule is CN=C(NCc1cc(Br)ccc1OC(F)F)N1CCC(c2cnn(C)c2)C1. The average Bonchev–Trinajstić information content (AvgIpc) is 3.26. The molecule has 1 aromatic heterocycles. The molecule has 2 heterocycles. The summed E-state index contributed by atoms with van der Waals surface area (Å²) in [7, 11) is 3.63. The molecule has 9 heteroatoms. The van der Waals surface area contributed by atoms with Crippen LogP contribution in [0, 0.1) is 0 Å². The molecule has 1 aromatic carbocycles. The summed E-state index contributed by atoms with van der Waals surface area (Å²) in [5, 5.41) is 7.50. The number of nitrogens with zero attached hydrogens (tertiary/aromatic N) is 4. The minimum atomic E-state index is -2.86. The van der Waals surface area contributed by atoms with Gasteiger partial charge in [0.25, 0.3) is 0 Å². The summed E-state index contributed by atoms with van der Waals surface area (Å²) in [6.45, 7) is -0.812. The highest BCUT2D eigenvalue weighted by Gasteiger charge is 2.27. The van der Waals surface area contributed by atoms with E-state index < -0.39 is 6.61 Å². The second-order valence-corrected chi connectivity index (χ2v) is 7.33. The van der Waals surface area contributed by atoms with Crippen molar-refractivity contribution in [1.29, 1.82) is 0 Å². The van der Waals surface area contributed by atoms with E-state index in [2.05, 4.69) is 41.0 Å². The monoisotopic (exact) mass is 441 g/mol. The van der Waals surface area contributed by atoms with Gasteiger partial charge in [-0.1, -0.05) is 15.9 Å². The van der Waals surface area contributed by atoms with E-state index in [9.17, 15) is 8.78 Å².